The summed E-state index contributed by atoms with van der Waals surface area (Å²) in [6.07, 6.45) is 7.85. The Morgan fingerprint density at radius 1 is 0.508 bits per heavy atom. The lowest BCUT2D eigenvalue weighted by Gasteiger charge is -2.14. The van der Waals surface area contributed by atoms with Crippen LogP contribution < -0.4 is 5.32 Å². The van der Waals surface area contributed by atoms with Crippen molar-refractivity contribution in [1.29, 1.82) is 0 Å². The molecule has 6 aromatic rings. The normalized spacial score (nSPS) is 9.75. The average Bonchev–Trinajstić information content (AvgIpc) is 3.27. The smallest absolute Gasteiger partial charge is 0.125 e. The Morgan fingerprint density at radius 2 is 0.898 bits per heavy atom. The average molecular weight is 800 g/mol. The summed E-state index contributed by atoms with van der Waals surface area (Å²) in [4.78, 5) is 0. The van der Waals surface area contributed by atoms with Crippen LogP contribution in [0.5, 0.6) is 5.75 Å². The largest absolute Gasteiger partial charge is 0.507 e. The molecule has 0 aromatic heterocycles. The van der Waals surface area contributed by atoms with E-state index in [1.807, 2.05) is 122 Å². The Bertz CT molecular complexity index is 1930. The van der Waals surface area contributed by atoms with E-state index in [9.17, 15) is 5.11 Å². The van der Waals surface area contributed by atoms with Gasteiger partial charge < -0.3 is 10.4 Å². The molecular formula is C53H77N5O. The predicted octanol–water partition coefficient (Wildman–Crippen LogP) is 18.8. The second-order valence-electron chi connectivity index (χ2n) is 12.3. The van der Waals surface area contributed by atoms with Gasteiger partial charge in [-0.25, -0.2) is 0 Å². The summed E-state index contributed by atoms with van der Waals surface area (Å²) in [5.74, 6) is 0.227. The molecule has 0 saturated carbocycles. The van der Waals surface area contributed by atoms with Gasteiger partial charge in [-0.05, 0) is 83.1 Å². The van der Waals surface area contributed by atoms with Crippen LogP contribution in [0.2, 0.25) is 0 Å². The van der Waals surface area contributed by atoms with E-state index < -0.39 is 0 Å². The summed E-state index contributed by atoms with van der Waals surface area (Å²) in [5, 5.41) is 35.0. The van der Waals surface area contributed by atoms with E-state index in [-0.39, 0.29) is 5.75 Å². The first-order valence-corrected chi connectivity index (χ1v) is 21.8. The van der Waals surface area contributed by atoms with Gasteiger partial charge in [-0.2, -0.15) is 15.3 Å². The summed E-state index contributed by atoms with van der Waals surface area (Å²) in [7, 11) is 1.66. The summed E-state index contributed by atoms with van der Waals surface area (Å²) in [6, 6.07) is 40.0. The zero-order valence-corrected chi connectivity index (χ0v) is 39.3. The SMILES string of the molecule is CC.CC.CC.CCC.CCC.CCC.CCNc1c(N=Nc2ccc(C=Cc3ccc(N=NC)cc3)cc2)c(C)cc2cccc(O)c12.c1ccc2ccccc2c1. The molecule has 0 amide bonds. The van der Waals surface area contributed by atoms with Crippen molar-refractivity contribution in [2.45, 2.75) is 116 Å². The molecule has 0 heterocycles. The minimum atomic E-state index is 0.227. The van der Waals surface area contributed by atoms with Gasteiger partial charge in [0, 0.05) is 19.0 Å². The van der Waals surface area contributed by atoms with Gasteiger partial charge >= 0.3 is 0 Å². The van der Waals surface area contributed by atoms with E-state index >= 15 is 0 Å². The highest BCUT2D eigenvalue weighted by molar-refractivity contribution is 6.04. The molecule has 0 aliphatic rings. The second kappa shape index (κ2) is 36.7. The van der Waals surface area contributed by atoms with Crippen LogP contribution in [-0.4, -0.2) is 18.7 Å². The molecule has 0 aliphatic heterocycles. The third-order valence-corrected chi connectivity index (χ3v) is 7.05. The third-order valence-electron chi connectivity index (χ3n) is 7.05. The van der Waals surface area contributed by atoms with Crippen LogP contribution in [0.1, 0.15) is 126 Å². The van der Waals surface area contributed by atoms with Crippen LogP contribution in [0.15, 0.2) is 142 Å². The quantitative estimate of drug-likeness (QED) is 0.125. The molecular weight excluding hydrogens is 723 g/mol. The Hall–Kier alpha value is -5.62. The number of fused-ring (bicyclic) bond motifs is 2. The van der Waals surface area contributed by atoms with Gasteiger partial charge in [0.05, 0.1) is 17.1 Å². The van der Waals surface area contributed by atoms with Gasteiger partial charge in [-0.1, -0.05) is 199 Å². The number of rotatable bonds is 7. The van der Waals surface area contributed by atoms with Crippen molar-refractivity contribution in [3.63, 3.8) is 0 Å². The lowest BCUT2D eigenvalue weighted by Crippen LogP contribution is -1.99. The minimum absolute atomic E-state index is 0.227. The molecule has 0 fully saturated rings. The van der Waals surface area contributed by atoms with Gasteiger partial charge in [-0.15, -0.1) is 5.11 Å². The van der Waals surface area contributed by atoms with E-state index in [0.29, 0.717) is 6.54 Å². The molecule has 6 aromatic carbocycles. The highest BCUT2D eigenvalue weighted by atomic mass is 16.3. The van der Waals surface area contributed by atoms with E-state index in [1.165, 1.54) is 30.0 Å². The van der Waals surface area contributed by atoms with Crippen molar-refractivity contribution in [2.75, 3.05) is 18.9 Å². The van der Waals surface area contributed by atoms with Crippen molar-refractivity contribution < 1.29 is 5.11 Å². The molecule has 0 aliphatic carbocycles. The molecule has 6 heteroatoms. The lowest BCUT2D eigenvalue weighted by atomic mass is 10.0. The van der Waals surface area contributed by atoms with Crippen LogP contribution in [0.25, 0.3) is 33.7 Å². The number of hydrogen-bond donors (Lipinski definition) is 2. The Labute approximate surface area is 359 Å². The van der Waals surface area contributed by atoms with Crippen LogP contribution in [0.4, 0.5) is 22.7 Å². The predicted molar refractivity (Wildman–Crippen MR) is 267 cm³/mol. The number of nitrogens with one attached hydrogen (secondary N) is 1. The van der Waals surface area contributed by atoms with Gasteiger partial charge in [0.1, 0.15) is 11.4 Å². The number of benzene rings is 6. The maximum atomic E-state index is 10.5. The molecule has 0 atom stereocenters. The molecule has 0 unspecified atom stereocenters. The maximum absolute atomic E-state index is 10.5. The molecule has 0 saturated heterocycles. The van der Waals surface area contributed by atoms with Crippen LogP contribution in [0, 0.1) is 6.92 Å². The standard InChI is InChI=1S/C28H27N5O.C10H8.3C3H8.3C2H6/c1-4-30-28-26-22(6-5-7-25(26)34)18-19(2)27(28)33-32-24-16-12-21(13-17-24)9-8-20-10-14-23(15-11-20)31-29-3;1-2-6-10-8-4-3-7-9(10)5-1;3*1-3-2;3*1-2/h5-18,30,34H,4H2,1-3H3;1-8H;3*3H2,1-2H3;3*1-2H3. The van der Waals surface area contributed by atoms with Crippen LogP contribution >= 0.6 is 0 Å². The van der Waals surface area contributed by atoms with Crippen molar-refractivity contribution >= 4 is 56.4 Å². The summed E-state index contributed by atoms with van der Waals surface area (Å²) < 4.78 is 0. The number of azo groups is 2. The zero-order chi connectivity index (χ0) is 44.8. The van der Waals surface area contributed by atoms with Gasteiger partial charge in [-0.3, -0.25) is 0 Å². The van der Waals surface area contributed by atoms with Crippen LogP contribution in [-0.2, 0) is 0 Å². The molecule has 2 N–H and O–H groups in total. The zero-order valence-electron chi connectivity index (χ0n) is 39.3. The number of aromatic hydroxyl groups is 1. The minimum Gasteiger partial charge on any atom is -0.507 e. The van der Waals surface area contributed by atoms with Crippen molar-refractivity contribution in [2.24, 2.45) is 20.5 Å². The van der Waals surface area contributed by atoms with E-state index in [0.717, 1.165) is 50.2 Å². The summed E-state index contributed by atoms with van der Waals surface area (Å²) in [6.45, 7) is 29.5. The fourth-order valence-electron chi connectivity index (χ4n) is 4.90. The molecule has 320 valence electrons. The summed E-state index contributed by atoms with van der Waals surface area (Å²) >= 11 is 0. The highest BCUT2D eigenvalue weighted by Crippen LogP contribution is 2.41. The monoisotopic (exact) mass is 800 g/mol. The molecule has 6 rings (SSSR count). The third kappa shape index (κ3) is 21.6. The fraction of sp³-hybridized carbons (Fsp3) is 0.358. The molecule has 0 radical (unpaired) electrons. The highest BCUT2D eigenvalue weighted by Gasteiger charge is 2.13. The van der Waals surface area contributed by atoms with Crippen LogP contribution in [0.3, 0.4) is 0 Å². The van der Waals surface area contributed by atoms with Gasteiger partial charge in [0.25, 0.3) is 0 Å². The van der Waals surface area contributed by atoms with Crippen molar-refractivity contribution in [3.05, 3.63) is 138 Å². The number of aryl methyl sites for hydroxylation is 1. The Morgan fingerprint density at radius 3 is 1.29 bits per heavy atom. The molecule has 59 heavy (non-hydrogen) atoms. The first-order chi connectivity index (χ1) is 28.8. The number of hydrogen-bond acceptors (Lipinski definition) is 6. The second-order valence-corrected chi connectivity index (χ2v) is 12.3. The Kier molecular flexibility index (Phi) is 34.5. The van der Waals surface area contributed by atoms with Crippen molar-refractivity contribution in [1.82, 2.24) is 0 Å². The number of anilines is 1. The topological polar surface area (TPSA) is 81.7 Å². The number of phenols is 1. The fourth-order valence-corrected chi connectivity index (χ4v) is 4.90. The van der Waals surface area contributed by atoms with Gasteiger partial charge in [0.15, 0.2) is 0 Å². The first kappa shape index (κ1) is 55.5. The molecule has 0 spiro atoms. The van der Waals surface area contributed by atoms with Crippen molar-refractivity contribution in [3.8, 4) is 5.75 Å². The Balaban J connectivity index is 0. The summed E-state index contributed by atoms with van der Waals surface area (Å²) in [5.41, 5.74) is 6.26. The van der Waals surface area contributed by atoms with Gasteiger partial charge in [0.2, 0.25) is 0 Å². The number of phenolic OH excluding ortho intramolecular Hbond substituents is 1. The molecule has 0 bridgehead atoms. The first-order valence-electron chi connectivity index (χ1n) is 21.8. The maximum Gasteiger partial charge on any atom is 0.125 e. The van der Waals surface area contributed by atoms with E-state index in [2.05, 4.69) is 128 Å². The lowest BCUT2D eigenvalue weighted by molar-refractivity contribution is 0.482. The van der Waals surface area contributed by atoms with E-state index in [1.54, 1.807) is 13.1 Å². The number of nitrogens with zero attached hydrogens (tertiary/aromatic N) is 4. The van der Waals surface area contributed by atoms with E-state index in [4.69, 9.17) is 0 Å². The molecule has 6 nitrogen and oxygen atoms in total.